The predicted octanol–water partition coefficient (Wildman–Crippen LogP) is 4.38. The highest BCUT2D eigenvalue weighted by atomic mass is 32.1. The number of nitrogens with one attached hydrogen (secondary N) is 1. The Kier molecular flexibility index (Phi) is 5.21. The lowest BCUT2D eigenvalue weighted by atomic mass is 10.1. The van der Waals surface area contributed by atoms with E-state index in [-0.39, 0.29) is 0 Å². The van der Waals surface area contributed by atoms with Crippen molar-refractivity contribution in [1.29, 1.82) is 0 Å². The Morgan fingerprint density at radius 2 is 1.95 bits per heavy atom. The van der Waals surface area contributed by atoms with Crippen LogP contribution < -0.4 is 11.1 Å². The highest BCUT2D eigenvalue weighted by Gasteiger charge is 2.12. The Balaban J connectivity index is 2.02. The molecule has 102 valence electrons. The van der Waals surface area contributed by atoms with Crippen LogP contribution in [0.5, 0.6) is 0 Å². The third kappa shape index (κ3) is 3.70. The first-order valence-electron chi connectivity index (χ1n) is 6.87. The summed E-state index contributed by atoms with van der Waals surface area (Å²) in [6.07, 6.45) is 5.04. The van der Waals surface area contributed by atoms with Gasteiger partial charge < -0.3 is 11.1 Å². The maximum atomic E-state index is 5.98. The first kappa shape index (κ1) is 13.9. The lowest BCUT2D eigenvalue weighted by Gasteiger charge is -2.07. The summed E-state index contributed by atoms with van der Waals surface area (Å²) >= 11 is 1.45. The number of aromatic nitrogens is 1. The average Bonchev–Trinajstić information content (AvgIpc) is 2.81. The molecule has 0 fully saturated rings. The van der Waals surface area contributed by atoms with Crippen molar-refractivity contribution < 1.29 is 0 Å². The van der Waals surface area contributed by atoms with E-state index < -0.39 is 0 Å². The molecular formula is C15H21N3S. The number of hydrogen-bond acceptors (Lipinski definition) is 4. The van der Waals surface area contributed by atoms with Gasteiger partial charge in [-0.15, -0.1) is 0 Å². The molecule has 3 N–H and O–H groups in total. The molecule has 3 nitrogen and oxygen atoms in total. The van der Waals surface area contributed by atoms with E-state index in [1.54, 1.807) is 0 Å². The molecule has 0 saturated heterocycles. The van der Waals surface area contributed by atoms with Crippen molar-refractivity contribution in [3.05, 3.63) is 30.3 Å². The highest BCUT2D eigenvalue weighted by molar-refractivity contribution is 7.11. The normalized spacial score (nSPS) is 10.6. The van der Waals surface area contributed by atoms with Crippen LogP contribution in [0.4, 0.5) is 10.8 Å². The van der Waals surface area contributed by atoms with Crippen molar-refractivity contribution in [3.63, 3.8) is 0 Å². The van der Waals surface area contributed by atoms with Gasteiger partial charge in [-0.2, -0.15) is 4.37 Å². The summed E-state index contributed by atoms with van der Waals surface area (Å²) in [5.41, 5.74) is 8.16. The predicted molar refractivity (Wildman–Crippen MR) is 84.6 cm³/mol. The molecule has 0 spiro atoms. The van der Waals surface area contributed by atoms with Crippen LogP contribution in [-0.2, 0) is 0 Å². The number of hydrogen-bond donors (Lipinski definition) is 2. The van der Waals surface area contributed by atoms with Crippen LogP contribution in [0.15, 0.2) is 30.3 Å². The van der Waals surface area contributed by atoms with Gasteiger partial charge in [0, 0.05) is 6.54 Å². The van der Waals surface area contributed by atoms with Crippen molar-refractivity contribution in [2.45, 2.75) is 32.6 Å². The average molecular weight is 275 g/mol. The lowest BCUT2D eigenvalue weighted by Crippen LogP contribution is -2.01. The first-order chi connectivity index (χ1) is 9.33. The molecule has 1 heterocycles. The van der Waals surface area contributed by atoms with Crippen molar-refractivity contribution in [3.8, 4) is 11.1 Å². The standard InChI is InChI=1S/C15H21N3S/c1-2-3-4-8-11-17-15-13(14(16)18-19-15)12-9-6-5-7-10-12/h5-7,9-10,17H,2-4,8,11H2,1H3,(H2,16,18). The minimum absolute atomic E-state index is 0.618. The number of nitrogens with two attached hydrogens (primary N) is 1. The van der Waals surface area contributed by atoms with Crippen molar-refractivity contribution in [2.24, 2.45) is 0 Å². The van der Waals surface area contributed by atoms with E-state index in [9.17, 15) is 0 Å². The van der Waals surface area contributed by atoms with Crippen molar-refractivity contribution in [1.82, 2.24) is 4.37 Å². The Bertz CT molecular complexity index is 493. The zero-order chi connectivity index (χ0) is 13.5. The molecule has 0 aliphatic rings. The summed E-state index contributed by atoms with van der Waals surface area (Å²) in [5.74, 6) is 0.618. The third-order valence-electron chi connectivity index (χ3n) is 3.10. The Morgan fingerprint density at radius 3 is 2.68 bits per heavy atom. The topological polar surface area (TPSA) is 50.9 Å². The molecule has 19 heavy (non-hydrogen) atoms. The molecule has 4 heteroatoms. The van der Waals surface area contributed by atoms with Crippen LogP contribution in [0.1, 0.15) is 32.6 Å². The van der Waals surface area contributed by atoms with Gasteiger partial charge >= 0.3 is 0 Å². The number of unbranched alkanes of at least 4 members (excludes halogenated alkanes) is 3. The molecule has 0 unspecified atom stereocenters. The van der Waals surface area contributed by atoms with Gasteiger partial charge in [0.25, 0.3) is 0 Å². The molecular weight excluding hydrogens is 254 g/mol. The summed E-state index contributed by atoms with van der Waals surface area (Å²) in [4.78, 5) is 0. The van der Waals surface area contributed by atoms with E-state index >= 15 is 0 Å². The van der Waals surface area contributed by atoms with Gasteiger partial charge in [-0.25, -0.2) is 0 Å². The van der Waals surface area contributed by atoms with Gasteiger partial charge in [0.2, 0.25) is 0 Å². The van der Waals surface area contributed by atoms with Gasteiger partial charge in [-0.1, -0.05) is 56.5 Å². The fraction of sp³-hybridized carbons (Fsp3) is 0.400. The van der Waals surface area contributed by atoms with E-state index in [2.05, 4.69) is 28.7 Å². The molecule has 2 rings (SSSR count). The van der Waals surface area contributed by atoms with Crippen LogP contribution in [0.2, 0.25) is 0 Å². The van der Waals surface area contributed by atoms with Crippen LogP contribution >= 0.6 is 11.5 Å². The van der Waals surface area contributed by atoms with E-state index in [1.165, 1.54) is 37.2 Å². The number of anilines is 2. The van der Waals surface area contributed by atoms with Gasteiger partial charge in [0.15, 0.2) is 0 Å². The summed E-state index contributed by atoms with van der Waals surface area (Å²) in [7, 11) is 0. The van der Waals surface area contributed by atoms with Crippen LogP contribution in [-0.4, -0.2) is 10.9 Å². The Labute approximate surface area is 119 Å². The number of rotatable bonds is 7. The number of nitrogens with zero attached hydrogens (tertiary/aromatic N) is 1. The molecule has 0 amide bonds. The SMILES string of the molecule is CCCCCCNc1snc(N)c1-c1ccccc1. The number of nitrogen functional groups attached to an aromatic ring is 1. The zero-order valence-electron chi connectivity index (χ0n) is 11.4. The van der Waals surface area contributed by atoms with E-state index in [0.29, 0.717) is 5.82 Å². The molecule has 1 aromatic heterocycles. The summed E-state index contributed by atoms with van der Waals surface area (Å²) in [6, 6.07) is 10.2. The van der Waals surface area contributed by atoms with Gasteiger partial charge in [-0.05, 0) is 23.5 Å². The maximum absolute atomic E-state index is 5.98. The monoisotopic (exact) mass is 275 g/mol. The fourth-order valence-electron chi connectivity index (χ4n) is 2.06. The van der Waals surface area contributed by atoms with Crippen LogP contribution in [0.25, 0.3) is 11.1 Å². The first-order valence-corrected chi connectivity index (χ1v) is 7.64. The maximum Gasteiger partial charge on any atom is 0.147 e. The molecule has 0 atom stereocenters. The second kappa shape index (κ2) is 7.14. The molecule has 0 aliphatic heterocycles. The quantitative estimate of drug-likeness (QED) is 0.737. The smallest absolute Gasteiger partial charge is 0.147 e. The zero-order valence-corrected chi connectivity index (χ0v) is 12.2. The van der Waals surface area contributed by atoms with Crippen LogP contribution in [0, 0.1) is 0 Å². The minimum Gasteiger partial charge on any atom is -0.382 e. The summed E-state index contributed by atoms with van der Waals surface area (Å²) in [5, 5.41) is 4.55. The van der Waals surface area contributed by atoms with Crippen LogP contribution in [0.3, 0.4) is 0 Å². The van der Waals surface area contributed by atoms with Gasteiger partial charge in [0.1, 0.15) is 10.8 Å². The van der Waals surface area contributed by atoms with Crippen molar-refractivity contribution >= 4 is 22.4 Å². The third-order valence-corrected chi connectivity index (χ3v) is 3.92. The summed E-state index contributed by atoms with van der Waals surface area (Å²) in [6.45, 7) is 3.21. The Morgan fingerprint density at radius 1 is 1.16 bits per heavy atom. The lowest BCUT2D eigenvalue weighted by molar-refractivity contribution is 0.685. The van der Waals surface area contributed by atoms with Crippen molar-refractivity contribution in [2.75, 3.05) is 17.6 Å². The van der Waals surface area contributed by atoms with E-state index in [4.69, 9.17) is 5.73 Å². The van der Waals surface area contributed by atoms with E-state index in [1.807, 2.05) is 18.2 Å². The Hall–Kier alpha value is -1.55. The van der Waals surface area contributed by atoms with Gasteiger partial charge in [0.05, 0.1) is 5.56 Å². The highest BCUT2D eigenvalue weighted by Crippen LogP contribution is 2.36. The molecule has 1 aromatic carbocycles. The molecule has 0 radical (unpaired) electrons. The molecule has 0 aliphatic carbocycles. The largest absolute Gasteiger partial charge is 0.382 e. The second-order valence-corrected chi connectivity index (χ2v) is 5.40. The second-order valence-electron chi connectivity index (χ2n) is 4.63. The van der Waals surface area contributed by atoms with Gasteiger partial charge in [-0.3, -0.25) is 0 Å². The number of benzene rings is 1. The minimum atomic E-state index is 0.618. The molecule has 2 aromatic rings. The molecule has 0 saturated carbocycles. The summed E-state index contributed by atoms with van der Waals surface area (Å²) < 4.78 is 4.26. The fourth-order valence-corrected chi connectivity index (χ4v) is 2.82. The molecule has 0 bridgehead atoms. The van der Waals surface area contributed by atoms with E-state index in [0.717, 1.165) is 22.7 Å².